The quantitative estimate of drug-likeness (QED) is 0.771. The van der Waals surface area contributed by atoms with Crippen LogP contribution in [0.5, 0.6) is 17.2 Å². The van der Waals surface area contributed by atoms with Crippen molar-refractivity contribution < 1.29 is 9.84 Å². The molecule has 0 aromatic heterocycles. The van der Waals surface area contributed by atoms with Crippen molar-refractivity contribution in [1.29, 1.82) is 0 Å². The van der Waals surface area contributed by atoms with Gasteiger partial charge in [0.25, 0.3) is 0 Å². The molecule has 0 unspecified atom stereocenters. The summed E-state index contributed by atoms with van der Waals surface area (Å²) >= 11 is 2.08. The maximum atomic E-state index is 9.47. The minimum atomic E-state index is 0.278. The highest BCUT2D eigenvalue weighted by Crippen LogP contribution is 2.28. The van der Waals surface area contributed by atoms with E-state index in [1.165, 1.54) is 5.56 Å². The summed E-state index contributed by atoms with van der Waals surface area (Å²) in [5.41, 5.74) is 1.32. The summed E-state index contributed by atoms with van der Waals surface area (Å²) in [5, 5.41) is 9.47. The van der Waals surface area contributed by atoms with Crippen LogP contribution in [0.4, 0.5) is 0 Å². The smallest absolute Gasteiger partial charge is 0.129 e. The molecule has 2 aromatic rings. The molecule has 0 aliphatic rings. The van der Waals surface area contributed by atoms with Gasteiger partial charge in [-0.1, -0.05) is 26.0 Å². The predicted molar refractivity (Wildman–Crippen MR) is 85.9 cm³/mol. The van der Waals surface area contributed by atoms with Crippen molar-refractivity contribution in [3.8, 4) is 17.2 Å². The van der Waals surface area contributed by atoms with Gasteiger partial charge in [-0.05, 0) is 70.8 Å². The molecule has 100 valence electrons. The summed E-state index contributed by atoms with van der Waals surface area (Å²) in [7, 11) is 0. The Hall–Kier alpha value is -1.23. The molecule has 0 bridgehead atoms. The summed E-state index contributed by atoms with van der Waals surface area (Å²) in [4.78, 5) is 0. The molecule has 2 aromatic carbocycles. The van der Waals surface area contributed by atoms with Crippen LogP contribution in [-0.2, 0) is 6.42 Å². The molecule has 0 atom stereocenters. The highest BCUT2D eigenvalue weighted by atomic mass is 127. The van der Waals surface area contributed by atoms with Crippen LogP contribution in [-0.4, -0.2) is 5.11 Å². The van der Waals surface area contributed by atoms with Gasteiger partial charge in [-0.3, -0.25) is 0 Å². The van der Waals surface area contributed by atoms with E-state index in [-0.39, 0.29) is 5.75 Å². The lowest BCUT2D eigenvalue weighted by Crippen LogP contribution is -1.93. The van der Waals surface area contributed by atoms with Gasteiger partial charge in [-0.2, -0.15) is 0 Å². The van der Waals surface area contributed by atoms with Crippen molar-refractivity contribution in [2.75, 3.05) is 0 Å². The van der Waals surface area contributed by atoms with Crippen molar-refractivity contribution in [2.24, 2.45) is 5.92 Å². The lowest BCUT2D eigenvalue weighted by Gasteiger charge is -2.09. The van der Waals surface area contributed by atoms with Gasteiger partial charge in [-0.25, -0.2) is 0 Å². The Labute approximate surface area is 127 Å². The van der Waals surface area contributed by atoms with E-state index in [2.05, 4.69) is 48.6 Å². The number of halogens is 1. The highest BCUT2D eigenvalue weighted by molar-refractivity contribution is 14.1. The molecule has 0 saturated carbocycles. The van der Waals surface area contributed by atoms with Crippen molar-refractivity contribution in [1.82, 2.24) is 0 Å². The first kappa shape index (κ1) is 14.2. The third kappa shape index (κ3) is 4.13. The maximum absolute atomic E-state index is 9.47. The molecule has 0 spiro atoms. The fourth-order valence-electron chi connectivity index (χ4n) is 1.85. The molecule has 19 heavy (non-hydrogen) atoms. The molecule has 2 rings (SSSR count). The molecule has 0 aliphatic carbocycles. The monoisotopic (exact) mass is 368 g/mol. The third-order valence-electron chi connectivity index (χ3n) is 2.72. The lowest BCUT2D eigenvalue weighted by atomic mass is 10.0. The molecular weight excluding hydrogens is 351 g/mol. The SMILES string of the molecule is CC(C)Cc1ccc(Oc2ccc(O)c(I)c2)cc1. The van der Waals surface area contributed by atoms with Crippen LogP contribution in [0.15, 0.2) is 42.5 Å². The van der Waals surface area contributed by atoms with Crippen LogP contribution in [0.3, 0.4) is 0 Å². The fourth-order valence-corrected chi connectivity index (χ4v) is 2.34. The molecule has 1 N–H and O–H groups in total. The Bertz CT molecular complexity index is 547. The van der Waals surface area contributed by atoms with Gasteiger partial charge in [0, 0.05) is 0 Å². The summed E-state index contributed by atoms with van der Waals surface area (Å²) < 4.78 is 6.54. The van der Waals surface area contributed by atoms with Gasteiger partial charge in [-0.15, -0.1) is 0 Å². The van der Waals surface area contributed by atoms with Crippen LogP contribution in [0.2, 0.25) is 0 Å². The standard InChI is InChI=1S/C16H17IO2/c1-11(2)9-12-3-5-13(6-4-12)19-14-7-8-16(18)15(17)10-14/h3-8,10-11,18H,9H2,1-2H3. The fraction of sp³-hybridized carbons (Fsp3) is 0.250. The van der Waals surface area contributed by atoms with E-state index >= 15 is 0 Å². The summed E-state index contributed by atoms with van der Waals surface area (Å²) in [6, 6.07) is 13.4. The Morgan fingerprint density at radius 1 is 1.05 bits per heavy atom. The van der Waals surface area contributed by atoms with E-state index in [0.717, 1.165) is 21.5 Å². The van der Waals surface area contributed by atoms with E-state index in [1.807, 2.05) is 18.2 Å². The van der Waals surface area contributed by atoms with Crippen molar-refractivity contribution >= 4 is 22.6 Å². The minimum absolute atomic E-state index is 0.278. The van der Waals surface area contributed by atoms with E-state index in [9.17, 15) is 5.11 Å². The Kier molecular flexibility index (Phi) is 4.69. The zero-order valence-electron chi connectivity index (χ0n) is 11.1. The average molecular weight is 368 g/mol. The van der Waals surface area contributed by atoms with E-state index in [4.69, 9.17) is 4.74 Å². The lowest BCUT2D eigenvalue weighted by molar-refractivity contribution is 0.460. The Morgan fingerprint density at radius 3 is 2.26 bits per heavy atom. The van der Waals surface area contributed by atoms with Gasteiger partial charge in [0.1, 0.15) is 17.2 Å². The first-order valence-electron chi connectivity index (χ1n) is 6.30. The molecule has 0 saturated heterocycles. The minimum Gasteiger partial charge on any atom is -0.507 e. The molecule has 0 heterocycles. The molecule has 0 amide bonds. The second-order valence-electron chi connectivity index (χ2n) is 4.96. The zero-order chi connectivity index (χ0) is 13.8. The Balaban J connectivity index is 2.08. The molecule has 3 heteroatoms. The molecule has 0 aliphatic heterocycles. The second kappa shape index (κ2) is 6.28. The number of ether oxygens (including phenoxy) is 1. The van der Waals surface area contributed by atoms with Crippen LogP contribution in [0.25, 0.3) is 0 Å². The summed E-state index contributed by atoms with van der Waals surface area (Å²) in [6.07, 6.45) is 1.08. The molecule has 0 radical (unpaired) electrons. The summed E-state index contributed by atoms with van der Waals surface area (Å²) in [6.45, 7) is 4.42. The number of benzene rings is 2. The van der Waals surface area contributed by atoms with Crippen molar-refractivity contribution in [2.45, 2.75) is 20.3 Å². The van der Waals surface area contributed by atoms with Crippen molar-refractivity contribution in [3.63, 3.8) is 0 Å². The number of hydrogen-bond acceptors (Lipinski definition) is 2. The molecular formula is C16H17IO2. The van der Waals surface area contributed by atoms with Crippen LogP contribution in [0.1, 0.15) is 19.4 Å². The predicted octanol–water partition coefficient (Wildman–Crippen LogP) is 4.99. The van der Waals surface area contributed by atoms with Crippen molar-refractivity contribution in [3.05, 3.63) is 51.6 Å². The topological polar surface area (TPSA) is 29.5 Å². The van der Waals surface area contributed by atoms with E-state index in [1.54, 1.807) is 12.1 Å². The maximum Gasteiger partial charge on any atom is 0.129 e. The summed E-state index contributed by atoms with van der Waals surface area (Å²) in [5.74, 6) is 2.48. The van der Waals surface area contributed by atoms with Gasteiger partial charge >= 0.3 is 0 Å². The zero-order valence-corrected chi connectivity index (χ0v) is 13.2. The first-order valence-corrected chi connectivity index (χ1v) is 7.38. The Morgan fingerprint density at radius 2 is 1.68 bits per heavy atom. The highest BCUT2D eigenvalue weighted by Gasteiger charge is 2.03. The number of hydrogen-bond donors (Lipinski definition) is 1. The van der Waals surface area contributed by atoms with Gasteiger partial charge in [0.15, 0.2) is 0 Å². The van der Waals surface area contributed by atoms with E-state index < -0.39 is 0 Å². The number of rotatable bonds is 4. The second-order valence-corrected chi connectivity index (χ2v) is 6.12. The normalized spacial score (nSPS) is 10.7. The number of phenolic OH excluding ortho intramolecular Hbond substituents is 1. The molecule has 0 fully saturated rings. The van der Waals surface area contributed by atoms with E-state index in [0.29, 0.717) is 5.92 Å². The van der Waals surface area contributed by atoms with Crippen LogP contribution in [0, 0.1) is 9.49 Å². The first-order chi connectivity index (χ1) is 9.04. The average Bonchev–Trinajstić information content (AvgIpc) is 2.36. The van der Waals surface area contributed by atoms with Gasteiger partial charge < -0.3 is 9.84 Å². The van der Waals surface area contributed by atoms with Gasteiger partial charge in [0.2, 0.25) is 0 Å². The third-order valence-corrected chi connectivity index (χ3v) is 3.59. The molecule has 2 nitrogen and oxygen atoms in total. The van der Waals surface area contributed by atoms with Crippen LogP contribution >= 0.6 is 22.6 Å². The largest absolute Gasteiger partial charge is 0.507 e. The van der Waals surface area contributed by atoms with Gasteiger partial charge in [0.05, 0.1) is 3.57 Å². The van der Waals surface area contributed by atoms with Crippen LogP contribution < -0.4 is 4.74 Å². The number of phenols is 1. The number of aromatic hydroxyl groups is 1.